The minimum Gasteiger partial charge on any atom is -0.359 e. The van der Waals surface area contributed by atoms with Gasteiger partial charge in [0.15, 0.2) is 5.76 Å². The third-order valence-corrected chi connectivity index (χ3v) is 2.36. The van der Waals surface area contributed by atoms with E-state index in [9.17, 15) is 0 Å². The van der Waals surface area contributed by atoms with Gasteiger partial charge in [0.25, 0.3) is 0 Å². The van der Waals surface area contributed by atoms with Crippen molar-refractivity contribution in [3.8, 4) is 0 Å². The number of guanidine groups is 1. The second kappa shape index (κ2) is 4.25. The lowest BCUT2D eigenvalue weighted by molar-refractivity contribution is 0.385. The van der Waals surface area contributed by atoms with Crippen molar-refractivity contribution in [1.82, 2.24) is 10.5 Å². The van der Waals surface area contributed by atoms with Crippen LogP contribution >= 0.6 is 11.6 Å². The molecule has 0 amide bonds. The molecular formula is C10H13ClN4O. The number of halogens is 1. The van der Waals surface area contributed by atoms with E-state index in [-0.39, 0.29) is 0 Å². The number of aliphatic imine (C=N–C) groups is 2. The molecular weight excluding hydrogens is 228 g/mol. The van der Waals surface area contributed by atoms with Crippen LogP contribution in [0.5, 0.6) is 0 Å². The standard InChI is InChI=1S/C10H13ClN4O/c1-7-5-10(2,11)15-9(14-7)12-6-8-3-4-13-16-8/h3-4H,5-6H2,1-2H3,(H,12,15). The average Bonchev–Trinajstić information content (AvgIpc) is 2.63. The van der Waals surface area contributed by atoms with Crippen LogP contribution in [-0.4, -0.2) is 21.8 Å². The van der Waals surface area contributed by atoms with E-state index in [2.05, 4.69) is 20.5 Å². The molecule has 0 bridgehead atoms. The quantitative estimate of drug-likeness (QED) is 0.635. The minimum absolute atomic E-state index is 0.409. The van der Waals surface area contributed by atoms with E-state index in [1.807, 2.05) is 13.8 Å². The van der Waals surface area contributed by atoms with Gasteiger partial charge in [0.05, 0.1) is 6.20 Å². The van der Waals surface area contributed by atoms with Gasteiger partial charge in [-0.25, -0.2) is 9.98 Å². The summed E-state index contributed by atoms with van der Waals surface area (Å²) in [7, 11) is 0. The number of hydrogen-bond acceptors (Lipinski definition) is 3. The molecule has 1 aliphatic heterocycles. The second-order valence-corrected chi connectivity index (χ2v) is 4.80. The molecule has 1 aliphatic rings. The summed E-state index contributed by atoms with van der Waals surface area (Å²) in [5, 5.41) is 6.65. The summed E-state index contributed by atoms with van der Waals surface area (Å²) in [5.74, 6) is 1.24. The molecule has 0 aliphatic carbocycles. The van der Waals surface area contributed by atoms with Crippen molar-refractivity contribution in [2.45, 2.75) is 31.8 Å². The number of nitrogens with one attached hydrogen (secondary N) is 1. The summed E-state index contributed by atoms with van der Waals surface area (Å²) >= 11 is 6.21. The Morgan fingerprint density at radius 1 is 1.69 bits per heavy atom. The average molecular weight is 241 g/mol. The summed E-state index contributed by atoms with van der Waals surface area (Å²) in [6.07, 6.45) is 2.29. The molecule has 2 rings (SSSR count). The molecule has 1 atom stereocenters. The predicted molar refractivity (Wildman–Crippen MR) is 62.8 cm³/mol. The van der Waals surface area contributed by atoms with Crippen molar-refractivity contribution < 1.29 is 4.52 Å². The fraction of sp³-hybridized carbons (Fsp3) is 0.500. The molecule has 0 fully saturated rings. The van der Waals surface area contributed by atoms with Gasteiger partial charge in [-0.15, -0.1) is 0 Å². The zero-order valence-electron chi connectivity index (χ0n) is 9.20. The number of hydrogen-bond donors (Lipinski definition) is 1. The lowest BCUT2D eigenvalue weighted by Crippen LogP contribution is -2.45. The van der Waals surface area contributed by atoms with Gasteiger partial charge in [0.2, 0.25) is 5.96 Å². The Labute approximate surface area is 98.6 Å². The van der Waals surface area contributed by atoms with Crippen molar-refractivity contribution in [2.75, 3.05) is 0 Å². The first kappa shape index (κ1) is 11.1. The first-order chi connectivity index (χ1) is 7.55. The van der Waals surface area contributed by atoms with E-state index in [1.165, 1.54) is 0 Å². The van der Waals surface area contributed by atoms with Crippen LogP contribution < -0.4 is 5.32 Å². The van der Waals surface area contributed by atoms with Crippen molar-refractivity contribution >= 4 is 23.3 Å². The van der Waals surface area contributed by atoms with Crippen LogP contribution in [0.4, 0.5) is 0 Å². The first-order valence-corrected chi connectivity index (χ1v) is 5.38. The molecule has 0 aromatic carbocycles. The molecule has 1 aromatic rings. The molecule has 0 saturated heterocycles. The van der Waals surface area contributed by atoms with Gasteiger partial charge < -0.3 is 9.84 Å². The van der Waals surface area contributed by atoms with Gasteiger partial charge in [-0.05, 0) is 13.8 Å². The lowest BCUT2D eigenvalue weighted by atomic mass is 10.1. The number of aromatic nitrogens is 1. The summed E-state index contributed by atoms with van der Waals surface area (Å²) in [6, 6.07) is 1.77. The highest BCUT2D eigenvalue weighted by molar-refractivity contribution is 6.27. The van der Waals surface area contributed by atoms with Crippen molar-refractivity contribution in [3.63, 3.8) is 0 Å². The molecule has 1 N–H and O–H groups in total. The summed E-state index contributed by atoms with van der Waals surface area (Å²) < 4.78 is 4.94. The Morgan fingerprint density at radius 2 is 2.50 bits per heavy atom. The van der Waals surface area contributed by atoms with Gasteiger partial charge in [-0.1, -0.05) is 16.8 Å². The first-order valence-electron chi connectivity index (χ1n) is 5.00. The third-order valence-electron chi connectivity index (χ3n) is 2.13. The Balaban J connectivity index is 2.09. The van der Waals surface area contributed by atoms with Crippen LogP contribution in [0.2, 0.25) is 0 Å². The van der Waals surface area contributed by atoms with Crippen LogP contribution in [0.3, 0.4) is 0 Å². The van der Waals surface area contributed by atoms with Crippen molar-refractivity contribution in [2.24, 2.45) is 9.98 Å². The Morgan fingerprint density at radius 3 is 3.12 bits per heavy atom. The lowest BCUT2D eigenvalue weighted by Gasteiger charge is -2.28. The van der Waals surface area contributed by atoms with Crippen LogP contribution in [0.25, 0.3) is 0 Å². The molecule has 1 unspecified atom stereocenters. The summed E-state index contributed by atoms with van der Waals surface area (Å²) in [5.41, 5.74) is 0.965. The van der Waals surface area contributed by atoms with Gasteiger partial charge in [-0.2, -0.15) is 0 Å². The van der Waals surface area contributed by atoms with Crippen molar-refractivity contribution in [3.05, 3.63) is 18.0 Å². The highest BCUT2D eigenvalue weighted by Gasteiger charge is 2.26. The largest absolute Gasteiger partial charge is 0.359 e. The monoisotopic (exact) mass is 240 g/mol. The molecule has 0 spiro atoms. The molecule has 5 nitrogen and oxygen atoms in total. The van der Waals surface area contributed by atoms with Crippen LogP contribution in [0, 0.1) is 0 Å². The number of rotatable bonds is 2. The zero-order chi connectivity index (χ0) is 11.6. The maximum atomic E-state index is 6.21. The summed E-state index contributed by atoms with van der Waals surface area (Å²) in [6.45, 7) is 4.24. The van der Waals surface area contributed by atoms with E-state index < -0.39 is 5.00 Å². The smallest absolute Gasteiger partial charge is 0.219 e. The van der Waals surface area contributed by atoms with Gasteiger partial charge in [0.1, 0.15) is 11.5 Å². The van der Waals surface area contributed by atoms with E-state index in [4.69, 9.17) is 16.1 Å². The maximum Gasteiger partial charge on any atom is 0.219 e. The van der Waals surface area contributed by atoms with E-state index in [0.29, 0.717) is 24.7 Å². The molecule has 86 valence electrons. The molecule has 16 heavy (non-hydrogen) atoms. The highest BCUT2D eigenvalue weighted by Crippen LogP contribution is 2.19. The van der Waals surface area contributed by atoms with Crippen molar-refractivity contribution in [1.29, 1.82) is 0 Å². The fourth-order valence-corrected chi connectivity index (χ4v) is 1.84. The minimum atomic E-state index is -0.508. The zero-order valence-corrected chi connectivity index (χ0v) is 9.95. The summed E-state index contributed by atoms with van der Waals surface area (Å²) in [4.78, 5) is 8.05. The van der Waals surface area contributed by atoms with E-state index >= 15 is 0 Å². The molecule has 2 heterocycles. The highest BCUT2D eigenvalue weighted by atomic mass is 35.5. The van der Waals surface area contributed by atoms with E-state index in [1.54, 1.807) is 12.3 Å². The van der Waals surface area contributed by atoms with Gasteiger partial charge in [0, 0.05) is 18.2 Å². The topological polar surface area (TPSA) is 62.8 Å². The molecule has 1 aromatic heterocycles. The normalized spacial score (nSPS) is 27.7. The maximum absolute atomic E-state index is 6.21. The molecule has 0 saturated carbocycles. The molecule has 0 radical (unpaired) electrons. The van der Waals surface area contributed by atoms with Gasteiger partial charge >= 0.3 is 0 Å². The van der Waals surface area contributed by atoms with Crippen LogP contribution in [-0.2, 0) is 6.54 Å². The molecule has 6 heteroatoms. The van der Waals surface area contributed by atoms with Gasteiger partial charge in [-0.3, -0.25) is 0 Å². The number of alkyl halides is 1. The third kappa shape index (κ3) is 2.82. The van der Waals surface area contributed by atoms with E-state index in [0.717, 1.165) is 5.71 Å². The van der Waals surface area contributed by atoms with Crippen LogP contribution in [0.15, 0.2) is 26.8 Å². The van der Waals surface area contributed by atoms with Crippen LogP contribution in [0.1, 0.15) is 26.0 Å². The predicted octanol–water partition coefficient (Wildman–Crippen LogP) is 1.94. The second-order valence-electron chi connectivity index (χ2n) is 3.96. The number of nitrogens with zero attached hydrogens (tertiary/aromatic N) is 3. The Bertz CT molecular complexity index is 422. The Hall–Kier alpha value is -1.36. The SMILES string of the molecule is CC1=NC(=NCc2ccno2)NC(C)(Cl)C1. The fourth-order valence-electron chi connectivity index (χ4n) is 1.56. The Kier molecular flexibility index (Phi) is 2.96.